The quantitative estimate of drug-likeness (QED) is 0.629. The Morgan fingerprint density at radius 3 is 2.77 bits per heavy atom. The minimum Gasteiger partial charge on any atom is -0.347 e. The van der Waals surface area contributed by atoms with Crippen molar-refractivity contribution in [1.82, 2.24) is 19.9 Å². The van der Waals surface area contributed by atoms with Crippen LogP contribution in [0.3, 0.4) is 0 Å². The lowest BCUT2D eigenvalue weighted by Crippen LogP contribution is -2.39. The first kappa shape index (κ1) is 20.3. The number of benzene rings is 1. The van der Waals surface area contributed by atoms with E-state index in [0.717, 1.165) is 36.2 Å². The zero-order chi connectivity index (χ0) is 21.1. The van der Waals surface area contributed by atoms with Gasteiger partial charge in [-0.15, -0.1) is 0 Å². The zero-order valence-electron chi connectivity index (χ0n) is 17.1. The molecule has 0 radical (unpaired) electrons. The summed E-state index contributed by atoms with van der Waals surface area (Å²) in [6.07, 6.45) is 5.39. The van der Waals surface area contributed by atoms with E-state index < -0.39 is 0 Å². The molecule has 1 aliphatic rings. The molecule has 4 rings (SSSR count). The van der Waals surface area contributed by atoms with Crippen molar-refractivity contribution in [2.45, 2.75) is 18.8 Å². The van der Waals surface area contributed by atoms with Crippen LogP contribution in [-0.2, 0) is 0 Å². The van der Waals surface area contributed by atoms with Gasteiger partial charge in [-0.3, -0.25) is 9.78 Å². The summed E-state index contributed by atoms with van der Waals surface area (Å²) >= 11 is 6.24. The van der Waals surface area contributed by atoms with E-state index in [1.165, 1.54) is 0 Å². The van der Waals surface area contributed by atoms with E-state index in [1.807, 2.05) is 66.5 Å². The van der Waals surface area contributed by atoms with Crippen LogP contribution in [0, 0.1) is 0 Å². The summed E-state index contributed by atoms with van der Waals surface area (Å²) < 4.78 is 0. The van der Waals surface area contributed by atoms with Crippen LogP contribution in [0.25, 0.3) is 11.1 Å². The third-order valence-electron chi connectivity index (χ3n) is 5.32. The van der Waals surface area contributed by atoms with Crippen molar-refractivity contribution in [2.24, 2.45) is 0 Å². The number of halogens is 1. The molecule has 3 aromatic rings. The van der Waals surface area contributed by atoms with E-state index in [-0.39, 0.29) is 11.8 Å². The van der Waals surface area contributed by atoms with E-state index in [1.54, 1.807) is 12.3 Å². The Bertz CT molecular complexity index is 1040. The van der Waals surface area contributed by atoms with Crippen LogP contribution in [0.15, 0.2) is 54.9 Å². The van der Waals surface area contributed by atoms with Gasteiger partial charge in [0.2, 0.25) is 5.95 Å². The van der Waals surface area contributed by atoms with Gasteiger partial charge in [0.1, 0.15) is 5.69 Å². The van der Waals surface area contributed by atoms with Crippen LogP contribution in [0.2, 0.25) is 5.02 Å². The fraction of sp³-hybridized carbons (Fsp3) is 0.304. The molecule has 30 heavy (non-hydrogen) atoms. The molecule has 6 nitrogen and oxygen atoms in total. The maximum atomic E-state index is 13.0. The van der Waals surface area contributed by atoms with E-state index in [9.17, 15) is 4.79 Å². The van der Waals surface area contributed by atoms with Crippen LogP contribution >= 0.6 is 11.6 Å². The molecule has 2 aromatic heterocycles. The molecular formula is C23H24ClN5O. The summed E-state index contributed by atoms with van der Waals surface area (Å²) in [6, 6.07) is 13.1. The fourth-order valence-corrected chi connectivity index (χ4v) is 4.02. The lowest BCUT2D eigenvalue weighted by molar-refractivity contribution is 0.0700. The van der Waals surface area contributed by atoms with E-state index in [4.69, 9.17) is 16.6 Å². The number of pyridine rings is 1. The summed E-state index contributed by atoms with van der Waals surface area (Å²) in [5, 5.41) is 0.672. The highest BCUT2D eigenvalue weighted by molar-refractivity contribution is 6.30. The Labute approximate surface area is 181 Å². The number of rotatable bonds is 4. The third-order valence-corrected chi connectivity index (χ3v) is 5.56. The summed E-state index contributed by atoms with van der Waals surface area (Å²) in [5.74, 6) is 0.734. The number of aromatic nitrogens is 3. The molecule has 1 aromatic carbocycles. The normalized spacial score (nSPS) is 16.4. The van der Waals surface area contributed by atoms with Crippen molar-refractivity contribution >= 4 is 23.5 Å². The summed E-state index contributed by atoms with van der Waals surface area (Å²) in [5.41, 5.74) is 3.37. The highest BCUT2D eigenvalue weighted by Gasteiger charge is 2.29. The Morgan fingerprint density at radius 2 is 2.03 bits per heavy atom. The van der Waals surface area contributed by atoms with E-state index >= 15 is 0 Å². The number of nitrogens with zero attached hydrogens (tertiary/aromatic N) is 5. The Morgan fingerprint density at radius 1 is 1.17 bits per heavy atom. The minimum atomic E-state index is -0.0357. The van der Waals surface area contributed by atoms with E-state index in [0.29, 0.717) is 23.2 Å². The number of anilines is 1. The van der Waals surface area contributed by atoms with Gasteiger partial charge in [0.15, 0.2) is 0 Å². The van der Waals surface area contributed by atoms with Crippen molar-refractivity contribution in [1.29, 1.82) is 0 Å². The molecule has 1 atom stereocenters. The highest BCUT2D eigenvalue weighted by atomic mass is 35.5. The average Bonchev–Trinajstić information content (AvgIpc) is 2.79. The van der Waals surface area contributed by atoms with Gasteiger partial charge < -0.3 is 9.80 Å². The molecule has 7 heteroatoms. The lowest BCUT2D eigenvalue weighted by Gasteiger charge is -2.33. The standard InChI is InChI=1S/C23H24ClN5O/c1-28(2)23-26-14-19(16-7-5-9-18(24)13-16)21(27-23)17-8-6-12-29(15-17)22(30)20-10-3-4-11-25-20/h3-5,7,9-11,13-14,17H,6,8,12,15H2,1-2H3/t17-/m0/s1. The second-order valence-electron chi connectivity index (χ2n) is 7.68. The number of hydrogen-bond acceptors (Lipinski definition) is 5. The van der Waals surface area contributed by atoms with Crippen LogP contribution in [0.4, 0.5) is 5.95 Å². The Balaban J connectivity index is 1.69. The predicted molar refractivity (Wildman–Crippen MR) is 119 cm³/mol. The lowest BCUT2D eigenvalue weighted by atomic mass is 9.89. The van der Waals surface area contributed by atoms with Gasteiger partial charge >= 0.3 is 0 Å². The number of hydrogen-bond donors (Lipinski definition) is 0. The molecule has 0 aliphatic carbocycles. The van der Waals surface area contributed by atoms with Gasteiger partial charge in [0.25, 0.3) is 5.91 Å². The Kier molecular flexibility index (Phi) is 5.95. The number of piperidine rings is 1. The average molecular weight is 422 g/mol. The van der Waals surface area contributed by atoms with E-state index in [2.05, 4.69) is 9.97 Å². The molecule has 1 aliphatic heterocycles. The van der Waals surface area contributed by atoms with Crippen molar-refractivity contribution in [3.8, 4) is 11.1 Å². The van der Waals surface area contributed by atoms with Crippen molar-refractivity contribution in [2.75, 3.05) is 32.1 Å². The molecule has 0 bridgehead atoms. The van der Waals surface area contributed by atoms with Crippen LogP contribution in [0.1, 0.15) is 34.9 Å². The molecule has 0 saturated carbocycles. The molecule has 1 fully saturated rings. The van der Waals surface area contributed by atoms with Gasteiger partial charge in [0.05, 0.1) is 5.69 Å². The SMILES string of the molecule is CN(C)c1ncc(-c2cccc(Cl)c2)c([C@H]2CCCN(C(=O)c3ccccn3)C2)n1. The molecule has 0 N–H and O–H groups in total. The third kappa shape index (κ3) is 4.28. The monoisotopic (exact) mass is 421 g/mol. The minimum absolute atomic E-state index is 0.0357. The first-order valence-electron chi connectivity index (χ1n) is 10.0. The van der Waals surface area contributed by atoms with Crippen molar-refractivity contribution in [3.63, 3.8) is 0 Å². The smallest absolute Gasteiger partial charge is 0.272 e. The van der Waals surface area contributed by atoms with Crippen LogP contribution < -0.4 is 4.90 Å². The van der Waals surface area contributed by atoms with Crippen molar-refractivity contribution in [3.05, 3.63) is 71.3 Å². The second kappa shape index (κ2) is 8.79. The van der Waals surface area contributed by atoms with Gasteiger partial charge in [-0.25, -0.2) is 9.97 Å². The summed E-state index contributed by atoms with van der Waals surface area (Å²) in [7, 11) is 3.85. The number of amides is 1. The highest BCUT2D eigenvalue weighted by Crippen LogP contribution is 2.35. The molecule has 154 valence electrons. The topological polar surface area (TPSA) is 62.2 Å². The Hall–Kier alpha value is -2.99. The number of likely N-dealkylation sites (tertiary alicyclic amines) is 1. The molecule has 1 saturated heterocycles. The first-order valence-corrected chi connectivity index (χ1v) is 10.4. The fourth-order valence-electron chi connectivity index (χ4n) is 3.83. The van der Waals surface area contributed by atoms with Crippen molar-refractivity contribution < 1.29 is 4.79 Å². The molecular weight excluding hydrogens is 398 g/mol. The number of carbonyl (C=O) groups is 1. The second-order valence-corrected chi connectivity index (χ2v) is 8.12. The van der Waals surface area contributed by atoms with Gasteiger partial charge in [-0.1, -0.05) is 29.8 Å². The molecule has 0 unspecified atom stereocenters. The van der Waals surface area contributed by atoms with Crippen LogP contribution in [-0.4, -0.2) is 52.9 Å². The molecule has 1 amide bonds. The first-order chi connectivity index (χ1) is 14.5. The maximum Gasteiger partial charge on any atom is 0.272 e. The largest absolute Gasteiger partial charge is 0.347 e. The van der Waals surface area contributed by atoms with Gasteiger partial charge in [0, 0.05) is 56.1 Å². The van der Waals surface area contributed by atoms with Gasteiger partial charge in [-0.05, 0) is 42.7 Å². The zero-order valence-corrected chi connectivity index (χ0v) is 17.9. The van der Waals surface area contributed by atoms with Crippen LogP contribution in [0.5, 0.6) is 0 Å². The molecule has 3 heterocycles. The number of carbonyl (C=O) groups excluding carboxylic acids is 1. The van der Waals surface area contributed by atoms with Gasteiger partial charge in [-0.2, -0.15) is 0 Å². The molecule has 0 spiro atoms. The summed E-state index contributed by atoms with van der Waals surface area (Å²) in [6.45, 7) is 1.33. The predicted octanol–water partition coefficient (Wildman–Crippen LogP) is 4.28. The summed E-state index contributed by atoms with van der Waals surface area (Å²) in [4.78, 5) is 30.4. The maximum absolute atomic E-state index is 13.0.